The largest absolute Gasteiger partial charge is 0.361 e. The molecule has 126 valence electrons. The molecule has 0 atom stereocenters. The van der Waals surface area contributed by atoms with Gasteiger partial charge < -0.3 is 18.9 Å². The molecule has 9 heteroatoms. The highest BCUT2D eigenvalue weighted by atomic mass is 16.5. The number of hydrogen-bond acceptors (Lipinski definition) is 7. The quantitative estimate of drug-likeness (QED) is 0.589. The summed E-state index contributed by atoms with van der Waals surface area (Å²) in [5.41, 5.74) is 2.24. The van der Waals surface area contributed by atoms with Gasteiger partial charge in [-0.25, -0.2) is 4.98 Å². The number of carbonyl (C=O) groups is 1. The first-order valence-electron chi connectivity index (χ1n) is 7.62. The number of nitrogens with zero attached hydrogens (tertiary/aromatic N) is 5. The smallest absolute Gasteiger partial charge is 0.246 e. The van der Waals surface area contributed by atoms with E-state index in [1.165, 1.54) is 0 Å². The van der Waals surface area contributed by atoms with Crippen molar-refractivity contribution in [2.75, 3.05) is 0 Å². The van der Waals surface area contributed by atoms with Gasteiger partial charge in [0.15, 0.2) is 5.69 Å². The topological polar surface area (TPSA) is 112 Å². The van der Waals surface area contributed by atoms with E-state index in [-0.39, 0.29) is 19.0 Å². The molecular weight excluding hydrogens is 324 g/mol. The minimum Gasteiger partial charge on any atom is -0.361 e. The van der Waals surface area contributed by atoms with Crippen LogP contribution in [0, 0.1) is 6.92 Å². The number of para-hydroxylation sites is 2. The Kier molecular flexibility index (Phi) is 3.73. The third-order valence-electron chi connectivity index (χ3n) is 3.60. The molecule has 9 nitrogen and oxygen atoms in total. The van der Waals surface area contributed by atoms with E-state index in [9.17, 15) is 4.79 Å². The molecule has 0 radical (unpaired) electrons. The predicted molar refractivity (Wildman–Crippen MR) is 86.1 cm³/mol. The van der Waals surface area contributed by atoms with Gasteiger partial charge in [0.05, 0.1) is 23.9 Å². The fraction of sp³-hybridized carbons (Fsp3) is 0.188. The average molecular weight is 338 g/mol. The van der Waals surface area contributed by atoms with Crippen molar-refractivity contribution in [3.8, 4) is 11.5 Å². The van der Waals surface area contributed by atoms with Gasteiger partial charge in [0.1, 0.15) is 12.3 Å². The Hall–Kier alpha value is -3.49. The summed E-state index contributed by atoms with van der Waals surface area (Å²) in [6, 6.07) is 9.33. The molecule has 0 fully saturated rings. The van der Waals surface area contributed by atoms with Gasteiger partial charge in [0.25, 0.3) is 0 Å². The van der Waals surface area contributed by atoms with Crippen molar-refractivity contribution in [1.29, 1.82) is 0 Å². The van der Waals surface area contributed by atoms with Crippen LogP contribution in [-0.2, 0) is 17.9 Å². The van der Waals surface area contributed by atoms with E-state index in [4.69, 9.17) is 9.05 Å². The molecule has 25 heavy (non-hydrogen) atoms. The molecule has 0 unspecified atom stereocenters. The summed E-state index contributed by atoms with van der Waals surface area (Å²) in [6.45, 7) is 2.07. The summed E-state index contributed by atoms with van der Waals surface area (Å²) in [4.78, 5) is 20.6. The first-order chi connectivity index (χ1) is 12.2. The zero-order valence-corrected chi connectivity index (χ0v) is 13.3. The van der Waals surface area contributed by atoms with Gasteiger partial charge in [-0.2, -0.15) is 4.98 Å². The number of benzene rings is 1. The average Bonchev–Trinajstić information content (AvgIpc) is 3.33. The molecule has 3 aromatic heterocycles. The fourth-order valence-electron chi connectivity index (χ4n) is 2.42. The molecule has 4 aromatic rings. The number of rotatable bonds is 5. The number of hydrogen-bond donors (Lipinski definition) is 1. The highest BCUT2D eigenvalue weighted by Gasteiger charge is 2.13. The second-order valence-corrected chi connectivity index (χ2v) is 5.47. The lowest BCUT2D eigenvalue weighted by Crippen LogP contribution is -2.27. The van der Waals surface area contributed by atoms with Crippen LogP contribution in [0.1, 0.15) is 11.7 Å². The second-order valence-electron chi connectivity index (χ2n) is 5.47. The standard InChI is InChI=1S/C16H14N6O3/c1-10-6-12(20-24-10)16-19-15(25-21-16)7-17-14(23)8-22-9-18-11-4-2-3-5-13(11)22/h2-6,9H,7-8H2,1H3,(H,17,23). The van der Waals surface area contributed by atoms with Crippen molar-refractivity contribution in [3.63, 3.8) is 0 Å². The van der Waals surface area contributed by atoms with Gasteiger partial charge in [0.2, 0.25) is 17.6 Å². The van der Waals surface area contributed by atoms with Crippen LogP contribution in [0.2, 0.25) is 0 Å². The monoisotopic (exact) mass is 338 g/mol. The van der Waals surface area contributed by atoms with Crippen LogP contribution in [0.3, 0.4) is 0 Å². The molecule has 0 saturated heterocycles. The summed E-state index contributed by atoms with van der Waals surface area (Å²) >= 11 is 0. The lowest BCUT2D eigenvalue weighted by Gasteiger charge is -2.04. The van der Waals surface area contributed by atoms with Gasteiger partial charge in [-0.15, -0.1) is 0 Å². The molecule has 0 bridgehead atoms. The predicted octanol–water partition coefficient (Wildman–Crippen LogP) is 1.70. The van der Waals surface area contributed by atoms with E-state index in [1.54, 1.807) is 23.9 Å². The van der Waals surface area contributed by atoms with E-state index in [1.807, 2.05) is 24.3 Å². The van der Waals surface area contributed by atoms with E-state index >= 15 is 0 Å². The zero-order chi connectivity index (χ0) is 17.2. The molecular formula is C16H14N6O3. The Morgan fingerprint density at radius 2 is 2.12 bits per heavy atom. The minimum absolute atomic E-state index is 0.134. The summed E-state index contributed by atoms with van der Waals surface area (Å²) in [6.07, 6.45) is 1.64. The number of aromatic nitrogens is 5. The van der Waals surface area contributed by atoms with Crippen molar-refractivity contribution in [3.05, 3.63) is 48.3 Å². The molecule has 1 aromatic carbocycles. The van der Waals surface area contributed by atoms with Gasteiger partial charge in [-0.05, 0) is 19.1 Å². The summed E-state index contributed by atoms with van der Waals surface area (Å²) in [5.74, 6) is 1.09. The van der Waals surface area contributed by atoms with Gasteiger partial charge >= 0.3 is 0 Å². The summed E-state index contributed by atoms with van der Waals surface area (Å²) < 4.78 is 11.9. The van der Waals surface area contributed by atoms with Gasteiger partial charge in [-0.3, -0.25) is 4.79 Å². The molecule has 0 saturated carbocycles. The first-order valence-corrected chi connectivity index (χ1v) is 7.62. The van der Waals surface area contributed by atoms with Crippen LogP contribution in [0.25, 0.3) is 22.6 Å². The summed E-state index contributed by atoms with van der Waals surface area (Å²) in [7, 11) is 0. The molecule has 3 heterocycles. The Balaban J connectivity index is 1.38. The molecule has 0 aliphatic rings. The number of fused-ring (bicyclic) bond motifs is 1. The normalized spacial score (nSPS) is 11.1. The molecule has 1 amide bonds. The van der Waals surface area contributed by atoms with Crippen LogP contribution in [0.5, 0.6) is 0 Å². The highest BCUT2D eigenvalue weighted by Crippen LogP contribution is 2.15. The fourth-order valence-corrected chi connectivity index (χ4v) is 2.42. The third kappa shape index (κ3) is 3.11. The second kappa shape index (κ2) is 6.19. The lowest BCUT2D eigenvalue weighted by atomic mass is 10.3. The van der Waals surface area contributed by atoms with Crippen molar-refractivity contribution in [2.24, 2.45) is 0 Å². The first kappa shape index (κ1) is 15.1. The van der Waals surface area contributed by atoms with E-state index < -0.39 is 0 Å². The molecule has 4 rings (SSSR count). The molecule has 0 aliphatic heterocycles. The third-order valence-corrected chi connectivity index (χ3v) is 3.60. The number of aryl methyl sites for hydroxylation is 1. The number of amides is 1. The Morgan fingerprint density at radius 3 is 2.96 bits per heavy atom. The molecule has 0 aliphatic carbocycles. The Morgan fingerprint density at radius 1 is 1.24 bits per heavy atom. The Bertz CT molecular complexity index is 1030. The van der Waals surface area contributed by atoms with Crippen LogP contribution in [-0.4, -0.2) is 30.8 Å². The van der Waals surface area contributed by atoms with Crippen LogP contribution in [0.15, 0.2) is 45.7 Å². The van der Waals surface area contributed by atoms with E-state index in [0.717, 1.165) is 11.0 Å². The van der Waals surface area contributed by atoms with Crippen molar-refractivity contribution in [1.82, 2.24) is 30.2 Å². The van der Waals surface area contributed by atoms with Crippen molar-refractivity contribution in [2.45, 2.75) is 20.0 Å². The number of carbonyl (C=O) groups excluding carboxylic acids is 1. The van der Waals surface area contributed by atoms with Crippen LogP contribution >= 0.6 is 0 Å². The number of imidazole rings is 1. The summed E-state index contributed by atoms with van der Waals surface area (Å²) in [5, 5.41) is 10.4. The van der Waals surface area contributed by atoms with Crippen molar-refractivity contribution >= 4 is 16.9 Å². The SMILES string of the molecule is Cc1cc(-c2noc(CNC(=O)Cn3cnc4ccccc43)n2)no1. The van der Waals surface area contributed by atoms with Gasteiger partial charge in [0, 0.05) is 6.07 Å². The van der Waals surface area contributed by atoms with Crippen LogP contribution in [0.4, 0.5) is 0 Å². The molecule has 0 spiro atoms. The van der Waals surface area contributed by atoms with E-state index in [2.05, 4.69) is 25.6 Å². The maximum atomic E-state index is 12.1. The lowest BCUT2D eigenvalue weighted by molar-refractivity contribution is -0.121. The highest BCUT2D eigenvalue weighted by molar-refractivity contribution is 5.80. The number of nitrogens with one attached hydrogen (secondary N) is 1. The Labute approximate surface area is 141 Å². The maximum absolute atomic E-state index is 12.1. The maximum Gasteiger partial charge on any atom is 0.246 e. The molecule has 1 N–H and O–H groups in total. The zero-order valence-electron chi connectivity index (χ0n) is 13.3. The van der Waals surface area contributed by atoms with Gasteiger partial charge in [-0.1, -0.05) is 22.4 Å². The minimum atomic E-state index is -0.180. The van der Waals surface area contributed by atoms with E-state index in [0.29, 0.717) is 23.2 Å². The van der Waals surface area contributed by atoms with Crippen LogP contribution < -0.4 is 5.32 Å². The van der Waals surface area contributed by atoms with Crippen molar-refractivity contribution < 1.29 is 13.8 Å².